The predicted octanol–water partition coefficient (Wildman–Crippen LogP) is 0.176. The molecule has 0 aromatic carbocycles. The average molecular weight is 142 g/mol. The summed E-state index contributed by atoms with van der Waals surface area (Å²) in [5, 5.41) is 7.88. The van der Waals surface area contributed by atoms with Crippen LogP contribution in [0, 0.1) is 0 Å². The van der Waals surface area contributed by atoms with Crippen molar-refractivity contribution in [3.8, 4) is 0 Å². The molecule has 0 amide bonds. The summed E-state index contributed by atoms with van der Waals surface area (Å²) in [6, 6.07) is 0. The molecule has 0 spiro atoms. The standard InChI is InChI=1S/C4H6N4S/c1-9-3-2-6-8-4(5)7-3/h2H,1H3,(H2,5,7,8). The number of nitrogen functional groups attached to an aromatic ring is 1. The van der Waals surface area contributed by atoms with E-state index >= 15 is 0 Å². The summed E-state index contributed by atoms with van der Waals surface area (Å²) in [7, 11) is 0. The highest BCUT2D eigenvalue weighted by Gasteiger charge is 1.91. The van der Waals surface area contributed by atoms with Gasteiger partial charge in [-0.2, -0.15) is 5.10 Å². The van der Waals surface area contributed by atoms with E-state index in [1.165, 1.54) is 11.8 Å². The number of hydrogen-bond donors (Lipinski definition) is 1. The summed E-state index contributed by atoms with van der Waals surface area (Å²) in [5.41, 5.74) is 5.24. The number of aromatic nitrogens is 3. The van der Waals surface area contributed by atoms with Crippen LogP contribution in [0.3, 0.4) is 0 Å². The van der Waals surface area contributed by atoms with E-state index in [0.29, 0.717) is 0 Å². The van der Waals surface area contributed by atoms with Crippen LogP contribution in [0.4, 0.5) is 5.95 Å². The molecule has 0 bridgehead atoms. The Balaban J connectivity index is 2.94. The molecule has 0 radical (unpaired) electrons. The summed E-state index contributed by atoms with van der Waals surface area (Å²) >= 11 is 1.49. The Morgan fingerprint density at radius 1 is 1.67 bits per heavy atom. The minimum absolute atomic E-state index is 0.224. The Labute approximate surface area is 56.9 Å². The van der Waals surface area contributed by atoms with Gasteiger partial charge in [-0.3, -0.25) is 0 Å². The molecule has 0 fully saturated rings. The summed E-state index contributed by atoms with van der Waals surface area (Å²) in [5.74, 6) is 0.224. The second-order valence-corrected chi connectivity index (χ2v) is 2.18. The fourth-order valence-corrected chi connectivity index (χ4v) is 0.737. The van der Waals surface area contributed by atoms with Gasteiger partial charge in [0.2, 0.25) is 5.95 Å². The molecule has 0 unspecified atom stereocenters. The molecule has 0 atom stereocenters. The third kappa shape index (κ3) is 1.53. The molecule has 2 N–H and O–H groups in total. The van der Waals surface area contributed by atoms with Crippen molar-refractivity contribution in [3.63, 3.8) is 0 Å². The Morgan fingerprint density at radius 2 is 2.44 bits per heavy atom. The molecular formula is C4H6N4S. The van der Waals surface area contributed by atoms with Gasteiger partial charge >= 0.3 is 0 Å². The maximum Gasteiger partial charge on any atom is 0.241 e. The molecule has 1 aromatic rings. The lowest BCUT2D eigenvalue weighted by Crippen LogP contribution is -1.96. The van der Waals surface area contributed by atoms with Crippen molar-refractivity contribution in [3.05, 3.63) is 6.20 Å². The van der Waals surface area contributed by atoms with Gasteiger partial charge in [0.1, 0.15) is 5.03 Å². The lowest BCUT2D eigenvalue weighted by molar-refractivity contribution is 0.921. The molecule has 4 nitrogen and oxygen atoms in total. The molecule has 9 heavy (non-hydrogen) atoms. The van der Waals surface area contributed by atoms with Gasteiger partial charge in [-0.25, -0.2) is 4.98 Å². The first-order chi connectivity index (χ1) is 4.33. The van der Waals surface area contributed by atoms with Crippen molar-refractivity contribution < 1.29 is 0 Å². The Bertz CT molecular complexity index is 202. The SMILES string of the molecule is CSc1cnnc(N)n1. The third-order valence-electron chi connectivity index (χ3n) is 0.762. The first-order valence-corrected chi connectivity index (χ1v) is 3.54. The first kappa shape index (κ1) is 6.28. The predicted molar refractivity (Wildman–Crippen MR) is 36.0 cm³/mol. The molecule has 5 heteroatoms. The van der Waals surface area contributed by atoms with E-state index in [0.717, 1.165) is 5.03 Å². The fourth-order valence-electron chi connectivity index (χ4n) is 0.400. The molecule has 0 saturated heterocycles. The molecule has 0 saturated carbocycles. The lowest BCUT2D eigenvalue weighted by atomic mass is 10.9. The van der Waals surface area contributed by atoms with Crippen LogP contribution in [-0.4, -0.2) is 21.4 Å². The van der Waals surface area contributed by atoms with E-state index < -0.39 is 0 Å². The van der Waals surface area contributed by atoms with Crippen LogP contribution in [-0.2, 0) is 0 Å². The number of anilines is 1. The molecule has 1 rings (SSSR count). The van der Waals surface area contributed by atoms with Crippen molar-refractivity contribution >= 4 is 17.7 Å². The van der Waals surface area contributed by atoms with E-state index in [-0.39, 0.29) is 5.95 Å². The van der Waals surface area contributed by atoms with Gasteiger partial charge < -0.3 is 5.73 Å². The van der Waals surface area contributed by atoms with E-state index in [2.05, 4.69) is 15.2 Å². The van der Waals surface area contributed by atoms with Crippen LogP contribution >= 0.6 is 11.8 Å². The Hall–Kier alpha value is -0.840. The van der Waals surface area contributed by atoms with Gasteiger partial charge in [-0.05, 0) is 6.26 Å². The van der Waals surface area contributed by atoms with E-state index in [4.69, 9.17) is 5.73 Å². The van der Waals surface area contributed by atoms with Gasteiger partial charge in [0, 0.05) is 0 Å². The smallest absolute Gasteiger partial charge is 0.241 e. The fraction of sp³-hybridized carbons (Fsp3) is 0.250. The van der Waals surface area contributed by atoms with Crippen LogP contribution in [0.25, 0.3) is 0 Å². The van der Waals surface area contributed by atoms with Crippen molar-refractivity contribution in [2.24, 2.45) is 0 Å². The van der Waals surface area contributed by atoms with E-state index in [1.54, 1.807) is 6.20 Å². The van der Waals surface area contributed by atoms with Crippen molar-refractivity contribution in [1.29, 1.82) is 0 Å². The maximum absolute atomic E-state index is 5.24. The van der Waals surface area contributed by atoms with Crippen LogP contribution < -0.4 is 5.73 Å². The van der Waals surface area contributed by atoms with E-state index in [1.807, 2.05) is 6.26 Å². The number of hydrogen-bond acceptors (Lipinski definition) is 5. The van der Waals surface area contributed by atoms with Crippen LogP contribution in [0.5, 0.6) is 0 Å². The number of rotatable bonds is 1. The minimum Gasteiger partial charge on any atom is -0.366 e. The topological polar surface area (TPSA) is 64.7 Å². The summed E-state index contributed by atoms with van der Waals surface area (Å²) in [6.45, 7) is 0. The highest BCUT2D eigenvalue weighted by molar-refractivity contribution is 7.98. The molecule has 0 aliphatic carbocycles. The van der Waals surface area contributed by atoms with Crippen molar-refractivity contribution in [2.45, 2.75) is 5.03 Å². The van der Waals surface area contributed by atoms with Gasteiger partial charge in [-0.1, -0.05) is 0 Å². The van der Waals surface area contributed by atoms with Gasteiger partial charge in [0.25, 0.3) is 0 Å². The van der Waals surface area contributed by atoms with Crippen LogP contribution in [0.1, 0.15) is 0 Å². The van der Waals surface area contributed by atoms with Crippen molar-refractivity contribution in [2.75, 3.05) is 12.0 Å². The zero-order chi connectivity index (χ0) is 6.69. The van der Waals surface area contributed by atoms with Gasteiger partial charge in [0.15, 0.2) is 0 Å². The zero-order valence-electron chi connectivity index (χ0n) is 4.90. The maximum atomic E-state index is 5.24. The molecule has 48 valence electrons. The highest BCUT2D eigenvalue weighted by Crippen LogP contribution is 2.07. The first-order valence-electron chi connectivity index (χ1n) is 2.32. The normalized spacial score (nSPS) is 9.44. The summed E-state index contributed by atoms with van der Waals surface area (Å²) in [6.07, 6.45) is 3.48. The Morgan fingerprint density at radius 3 is 2.89 bits per heavy atom. The lowest BCUT2D eigenvalue weighted by Gasteiger charge is -1.91. The highest BCUT2D eigenvalue weighted by atomic mass is 32.2. The van der Waals surface area contributed by atoms with E-state index in [9.17, 15) is 0 Å². The number of thioether (sulfide) groups is 1. The largest absolute Gasteiger partial charge is 0.366 e. The van der Waals surface area contributed by atoms with Gasteiger partial charge in [0.05, 0.1) is 6.20 Å². The molecule has 0 aliphatic heterocycles. The quantitative estimate of drug-likeness (QED) is 0.566. The third-order valence-corrected chi connectivity index (χ3v) is 1.38. The average Bonchev–Trinajstić information content (AvgIpc) is 1.88. The summed E-state index contributed by atoms with van der Waals surface area (Å²) < 4.78 is 0. The second-order valence-electron chi connectivity index (χ2n) is 1.36. The zero-order valence-corrected chi connectivity index (χ0v) is 5.72. The molecular weight excluding hydrogens is 136 g/mol. The molecule has 0 aliphatic rings. The minimum atomic E-state index is 0.224. The second kappa shape index (κ2) is 2.63. The molecule has 1 aromatic heterocycles. The van der Waals surface area contributed by atoms with Crippen LogP contribution in [0.15, 0.2) is 11.2 Å². The number of nitrogens with two attached hydrogens (primary N) is 1. The van der Waals surface area contributed by atoms with Gasteiger partial charge in [-0.15, -0.1) is 16.9 Å². The van der Waals surface area contributed by atoms with Crippen molar-refractivity contribution in [1.82, 2.24) is 15.2 Å². The monoisotopic (exact) mass is 142 g/mol. The number of nitrogens with zero attached hydrogens (tertiary/aromatic N) is 3. The van der Waals surface area contributed by atoms with Crippen LogP contribution in [0.2, 0.25) is 0 Å². The molecule has 1 heterocycles. The Kier molecular flexibility index (Phi) is 1.84. The summed E-state index contributed by atoms with van der Waals surface area (Å²) in [4.78, 5) is 3.86.